The van der Waals surface area contributed by atoms with Gasteiger partial charge in [-0.05, 0) is 42.8 Å². The summed E-state index contributed by atoms with van der Waals surface area (Å²) in [6, 6.07) is 18.4. The molecule has 0 bridgehead atoms. The van der Waals surface area contributed by atoms with Crippen LogP contribution in [0.4, 0.5) is 10.1 Å². The van der Waals surface area contributed by atoms with E-state index in [0.717, 1.165) is 5.56 Å². The van der Waals surface area contributed by atoms with E-state index in [4.69, 9.17) is 21.1 Å². The van der Waals surface area contributed by atoms with Crippen LogP contribution in [-0.2, 0) is 6.61 Å². The van der Waals surface area contributed by atoms with Gasteiger partial charge in [-0.2, -0.15) is 0 Å². The smallest absolute Gasteiger partial charge is 0.255 e. The first-order valence-electron chi connectivity index (χ1n) is 8.77. The van der Waals surface area contributed by atoms with Crippen molar-refractivity contribution in [1.82, 2.24) is 0 Å². The average molecular weight is 400 g/mol. The minimum atomic E-state index is -0.435. The SMILES string of the molecule is CCOc1cc(C(=O)Nc2cccc(F)c2)cc(Cl)c1OCc1ccccc1. The van der Waals surface area contributed by atoms with Gasteiger partial charge in [0.05, 0.1) is 11.6 Å². The van der Waals surface area contributed by atoms with Crippen molar-refractivity contribution >= 4 is 23.2 Å². The van der Waals surface area contributed by atoms with Gasteiger partial charge in [0.15, 0.2) is 11.5 Å². The monoisotopic (exact) mass is 399 g/mol. The maximum atomic E-state index is 13.3. The number of benzene rings is 3. The fourth-order valence-corrected chi connectivity index (χ4v) is 2.87. The van der Waals surface area contributed by atoms with E-state index in [2.05, 4.69) is 5.32 Å². The first-order valence-corrected chi connectivity index (χ1v) is 9.14. The van der Waals surface area contributed by atoms with E-state index >= 15 is 0 Å². The Hall–Kier alpha value is -3.05. The van der Waals surface area contributed by atoms with Crippen molar-refractivity contribution < 1.29 is 18.7 Å². The number of hydrogen-bond acceptors (Lipinski definition) is 3. The highest BCUT2D eigenvalue weighted by Crippen LogP contribution is 2.37. The number of rotatable bonds is 7. The quantitative estimate of drug-likeness (QED) is 0.553. The fraction of sp³-hybridized carbons (Fsp3) is 0.136. The van der Waals surface area contributed by atoms with Crippen LogP contribution in [0.2, 0.25) is 5.02 Å². The van der Waals surface area contributed by atoms with E-state index < -0.39 is 11.7 Å². The van der Waals surface area contributed by atoms with Crippen LogP contribution in [0.5, 0.6) is 11.5 Å². The summed E-state index contributed by atoms with van der Waals surface area (Å²) in [6.45, 7) is 2.52. The van der Waals surface area contributed by atoms with Crippen molar-refractivity contribution in [3.8, 4) is 11.5 Å². The van der Waals surface area contributed by atoms with Gasteiger partial charge >= 0.3 is 0 Å². The van der Waals surface area contributed by atoms with Crippen molar-refractivity contribution in [2.24, 2.45) is 0 Å². The lowest BCUT2D eigenvalue weighted by molar-refractivity contribution is 0.102. The molecule has 0 spiro atoms. The lowest BCUT2D eigenvalue weighted by atomic mass is 10.1. The molecule has 0 saturated heterocycles. The Morgan fingerprint density at radius 1 is 1.04 bits per heavy atom. The van der Waals surface area contributed by atoms with Crippen LogP contribution in [-0.4, -0.2) is 12.5 Å². The lowest BCUT2D eigenvalue weighted by Crippen LogP contribution is -2.13. The molecule has 144 valence electrons. The standard InChI is InChI=1S/C22H19ClFNO3/c1-2-27-20-12-16(22(26)25-18-10-6-9-17(24)13-18)11-19(23)21(20)28-14-15-7-4-3-5-8-15/h3-13H,2,14H2,1H3,(H,25,26). The number of anilines is 1. The Balaban J connectivity index is 1.82. The first kappa shape index (κ1) is 19.7. The van der Waals surface area contributed by atoms with Crippen LogP contribution in [0.25, 0.3) is 0 Å². The molecule has 0 unspecified atom stereocenters. The van der Waals surface area contributed by atoms with Crippen molar-refractivity contribution in [3.05, 3.63) is 88.7 Å². The highest BCUT2D eigenvalue weighted by molar-refractivity contribution is 6.32. The second-order valence-corrected chi connectivity index (χ2v) is 6.36. The number of amides is 1. The number of carbonyl (C=O) groups excluding carboxylic acids is 1. The third-order valence-corrected chi connectivity index (χ3v) is 4.16. The summed E-state index contributed by atoms with van der Waals surface area (Å²) < 4.78 is 24.8. The van der Waals surface area contributed by atoms with Crippen molar-refractivity contribution in [2.45, 2.75) is 13.5 Å². The third kappa shape index (κ3) is 5.02. The number of nitrogens with one attached hydrogen (secondary N) is 1. The van der Waals surface area contributed by atoms with Crippen LogP contribution in [0.15, 0.2) is 66.7 Å². The van der Waals surface area contributed by atoms with Crippen LogP contribution in [0, 0.1) is 5.82 Å². The Morgan fingerprint density at radius 2 is 1.82 bits per heavy atom. The molecule has 0 radical (unpaired) electrons. The summed E-state index contributed by atoms with van der Waals surface area (Å²) in [6.07, 6.45) is 0. The molecule has 1 N–H and O–H groups in total. The molecule has 0 aliphatic rings. The van der Waals surface area contributed by atoms with E-state index in [-0.39, 0.29) is 10.6 Å². The maximum Gasteiger partial charge on any atom is 0.255 e. The van der Waals surface area contributed by atoms with Gasteiger partial charge in [0.2, 0.25) is 0 Å². The first-order chi connectivity index (χ1) is 13.6. The van der Waals surface area contributed by atoms with E-state index in [1.54, 1.807) is 12.1 Å². The summed E-state index contributed by atoms with van der Waals surface area (Å²) in [7, 11) is 0. The molecule has 3 aromatic carbocycles. The van der Waals surface area contributed by atoms with Gasteiger partial charge in [0, 0.05) is 11.3 Å². The van der Waals surface area contributed by atoms with Crippen molar-refractivity contribution in [2.75, 3.05) is 11.9 Å². The van der Waals surface area contributed by atoms with Gasteiger partial charge in [-0.1, -0.05) is 48.0 Å². The molecular formula is C22H19ClFNO3. The van der Waals surface area contributed by atoms with Gasteiger partial charge in [0.25, 0.3) is 5.91 Å². The van der Waals surface area contributed by atoms with Crippen molar-refractivity contribution in [3.63, 3.8) is 0 Å². The van der Waals surface area contributed by atoms with E-state index in [1.807, 2.05) is 37.3 Å². The molecule has 28 heavy (non-hydrogen) atoms. The Labute approximate surface area is 167 Å². The molecule has 6 heteroatoms. The predicted octanol–water partition coefficient (Wildman–Crippen LogP) is 5.71. The molecule has 3 rings (SSSR count). The van der Waals surface area contributed by atoms with Gasteiger partial charge in [-0.25, -0.2) is 4.39 Å². The predicted molar refractivity (Wildman–Crippen MR) is 108 cm³/mol. The normalized spacial score (nSPS) is 10.4. The maximum absolute atomic E-state index is 13.3. The molecule has 0 heterocycles. The molecule has 1 amide bonds. The Bertz CT molecular complexity index is 963. The minimum Gasteiger partial charge on any atom is -0.490 e. The van der Waals surface area contributed by atoms with Crippen LogP contribution in [0.1, 0.15) is 22.8 Å². The van der Waals surface area contributed by atoms with E-state index in [1.165, 1.54) is 24.3 Å². The van der Waals surface area contributed by atoms with E-state index in [0.29, 0.717) is 30.4 Å². The Morgan fingerprint density at radius 3 is 2.54 bits per heavy atom. The third-order valence-electron chi connectivity index (χ3n) is 3.88. The minimum absolute atomic E-state index is 0.256. The number of halogens is 2. The second kappa shape index (κ2) is 9.24. The van der Waals surface area contributed by atoms with Gasteiger partial charge < -0.3 is 14.8 Å². The summed E-state index contributed by atoms with van der Waals surface area (Å²) in [5.41, 5.74) is 1.61. The average Bonchev–Trinajstić information content (AvgIpc) is 2.68. The molecular weight excluding hydrogens is 381 g/mol. The number of hydrogen-bond donors (Lipinski definition) is 1. The largest absolute Gasteiger partial charge is 0.490 e. The molecule has 4 nitrogen and oxygen atoms in total. The highest BCUT2D eigenvalue weighted by atomic mass is 35.5. The molecule has 0 aromatic heterocycles. The summed E-state index contributed by atoms with van der Waals surface area (Å²) in [4.78, 5) is 12.5. The number of ether oxygens (including phenoxy) is 2. The summed E-state index contributed by atoms with van der Waals surface area (Å²) >= 11 is 6.36. The Kier molecular flexibility index (Phi) is 6.50. The molecule has 0 aliphatic heterocycles. The van der Waals surface area contributed by atoms with Crippen LogP contribution < -0.4 is 14.8 Å². The highest BCUT2D eigenvalue weighted by Gasteiger charge is 2.17. The molecule has 0 fully saturated rings. The van der Waals surface area contributed by atoms with Crippen molar-refractivity contribution in [1.29, 1.82) is 0 Å². The van der Waals surface area contributed by atoms with Gasteiger partial charge in [-0.3, -0.25) is 4.79 Å². The molecule has 0 aliphatic carbocycles. The second-order valence-electron chi connectivity index (χ2n) is 5.96. The molecule has 0 saturated carbocycles. The van der Waals surface area contributed by atoms with E-state index in [9.17, 15) is 9.18 Å². The number of carbonyl (C=O) groups is 1. The molecule has 0 atom stereocenters. The summed E-state index contributed by atoms with van der Waals surface area (Å²) in [5, 5.41) is 2.89. The fourth-order valence-electron chi connectivity index (χ4n) is 2.60. The van der Waals surface area contributed by atoms with Gasteiger partial charge in [-0.15, -0.1) is 0 Å². The van der Waals surface area contributed by atoms with Crippen LogP contribution >= 0.6 is 11.6 Å². The van der Waals surface area contributed by atoms with Crippen LogP contribution in [0.3, 0.4) is 0 Å². The molecule has 3 aromatic rings. The van der Waals surface area contributed by atoms with Gasteiger partial charge in [0.1, 0.15) is 12.4 Å². The zero-order valence-electron chi connectivity index (χ0n) is 15.2. The zero-order valence-corrected chi connectivity index (χ0v) is 16.0. The summed E-state index contributed by atoms with van der Waals surface area (Å²) in [5.74, 6) is -0.122. The zero-order chi connectivity index (χ0) is 19.9. The lowest BCUT2D eigenvalue weighted by Gasteiger charge is -2.15. The topological polar surface area (TPSA) is 47.6 Å².